The highest BCUT2D eigenvalue weighted by Crippen LogP contribution is 2.25. The van der Waals surface area contributed by atoms with Crippen LogP contribution in [0.2, 0.25) is 0 Å². The van der Waals surface area contributed by atoms with Crippen molar-refractivity contribution in [2.75, 3.05) is 45.8 Å². The topological polar surface area (TPSA) is 18.5 Å². The van der Waals surface area contributed by atoms with Crippen molar-refractivity contribution in [3.05, 3.63) is 0 Å². The van der Waals surface area contributed by atoms with Crippen molar-refractivity contribution < 1.29 is 0 Å². The molecule has 2 heterocycles. The van der Waals surface area contributed by atoms with Gasteiger partial charge in [0.25, 0.3) is 0 Å². The van der Waals surface area contributed by atoms with Gasteiger partial charge >= 0.3 is 0 Å². The first-order chi connectivity index (χ1) is 8.92. The molecule has 18 heavy (non-hydrogen) atoms. The average Bonchev–Trinajstić information content (AvgIpc) is 2.95. The number of hydrogen-bond acceptors (Lipinski definition) is 3. The highest BCUT2D eigenvalue weighted by molar-refractivity contribution is 4.85. The normalized spacial score (nSPS) is 33.0. The van der Waals surface area contributed by atoms with Gasteiger partial charge in [-0.2, -0.15) is 0 Å². The molecule has 1 aliphatic carbocycles. The van der Waals surface area contributed by atoms with Gasteiger partial charge in [0.2, 0.25) is 0 Å². The Hall–Kier alpha value is -0.120. The zero-order valence-electron chi connectivity index (χ0n) is 11.7. The smallest absolute Gasteiger partial charge is 0.0233 e. The Morgan fingerprint density at radius 2 is 1.67 bits per heavy atom. The average molecular weight is 251 g/mol. The van der Waals surface area contributed by atoms with E-state index in [2.05, 4.69) is 15.1 Å². The Morgan fingerprint density at radius 1 is 0.889 bits per heavy atom. The molecule has 3 heteroatoms. The van der Waals surface area contributed by atoms with Crippen molar-refractivity contribution in [1.29, 1.82) is 0 Å². The van der Waals surface area contributed by atoms with E-state index in [4.69, 9.17) is 0 Å². The van der Waals surface area contributed by atoms with Crippen LogP contribution in [0, 0.1) is 5.92 Å². The predicted molar refractivity (Wildman–Crippen MR) is 75.9 cm³/mol. The van der Waals surface area contributed by atoms with E-state index >= 15 is 0 Å². The first-order valence-electron chi connectivity index (χ1n) is 8.09. The van der Waals surface area contributed by atoms with Crippen LogP contribution in [-0.2, 0) is 0 Å². The molecule has 0 aromatic heterocycles. The van der Waals surface area contributed by atoms with Crippen LogP contribution in [0.4, 0.5) is 0 Å². The summed E-state index contributed by atoms with van der Waals surface area (Å²) in [5.74, 6) is 1.01. The summed E-state index contributed by atoms with van der Waals surface area (Å²) in [5.41, 5.74) is 0. The summed E-state index contributed by atoms with van der Waals surface area (Å²) >= 11 is 0. The zero-order valence-corrected chi connectivity index (χ0v) is 11.7. The molecule has 0 bridgehead atoms. The van der Waals surface area contributed by atoms with E-state index in [1.54, 1.807) is 0 Å². The van der Waals surface area contributed by atoms with Gasteiger partial charge in [0, 0.05) is 45.3 Å². The van der Waals surface area contributed by atoms with Gasteiger partial charge in [-0.15, -0.1) is 0 Å². The molecule has 1 N–H and O–H groups in total. The Kier molecular flexibility index (Phi) is 4.55. The third-order valence-electron chi connectivity index (χ3n) is 5.20. The summed E-state index contributed by atoms with van der Waals surface area (Å²) in [6.07, 6.45) is 8.80. The second-order valence-corrected chi connectivity index (χ2v) is 6.49. The Morgan fingerprint density at radius 3 is 2.33 bits per heavy atom. The largest absolute Gasteiger partial charge is 0.315 e. The van der Waals surface area contributed by atoms with Crippen LogP contribution in [-0.4, -0.2) is 61.7 Å². The second-order valence-electron chi connectivity index (χ2n) is 6.49. The van der Waals surface area contributed by atoms with Crippen molar-refractivity contribution in [2.24, 2.45) is 5.92 Å². The number of piperazine rings is 1. The molecule has 3 nitrogen and oxygen atoms in total. The maximum atomic E-state index is 3.49. The molecular weight excluding hydrogens is 222 g/mol. The lowest BCUT2D eigenvalue weighted by Gasteiger charge is -2.39. The second kappa shape index (κ2) is 6.36. The van der Waals surface area contributed by atoms with E-state index in [1.165, 1.54) is 84.3 Å². The van der Waals surface area contributed by atoms with Crippen LogP contribution >= 0.6 is 0 Å². The molecule has 1 atom stereocenters. The molecule has 1 unspecified atom stereocenters. The highest BCUT2D eigenvalue weighted by Gasteiger charge is 2.27. The van der Waals surface area contributed by atoms with Crippen LogP contribution in [0.3, 0.4) is 0 Å². The summed E-state index contributed by atoms with van der Waals surface area (Å²) < 4.78 is 0. The van der Waals surface area contributed by atoms with Crippen molar-refractivity contribution >= 4 is 0 Å². The van der Waals surface area contributed by atoms with Gasteiger partial charge in [0.1, 0.15) is 0 Å². The Bertz CT molecular complexity index is 236. The van der Waals surface area contributed by atoms with Crippen LogP contribution < -0.4 is 5.32 Å². The minimum absolute atomic E-state index is 0.835. The van der Waals surface area contributed by atoms with E-state index in [1.807, 2.05) is 0 Å². The summed E-state index contributed by atoms with van der Waals surface area (Å²) in [5, 5.41) is 3.49. The maximum absolute atomic E-state index is 3.49. The molecule has 2 aliphatic heterocycles. The standard InChI is InChI=1S/C15H29N3/c1-2-4-14(5-3-1)13-17-8-10-18(11-9-17)15-6-7-16-12-15/h14-16H,1-13H2. The maximum Gasteiger partial charge on any atom is 0.0233 e. The van der Waals surface area contributed by atoms with Gasteiger partial charge in [-0.3, -0.25) is 4.90 Å². The quantitative estimate of drug-likeness (QED) is 0.821. The van der Waals surface area contributed by atoms with Gasteiger partial charge in [-0.25, -0.2) is 0 Å². The van der Waals surface area contributed by atoms with Crippen LogP contribution in [0.1, 0.15) is 38.5 Å². The summed E-state index contributed by atoms with van der Waals surface area (Å²) in [6, 6.07) is 0.835. The van der Waals surface area contributed by atoms with Gasteiger partial charge in [-0.05, 0) is 31.7 Å². The summed E-state index contributed by atoms with van der Waals surface area (Å²) in [4.78, 5) is 5.45. The van der Waals surface area contributed by atoms with E-state index in [9.17, 15) is 0 Å². The lowest BCUT2D eigenvalue weighted by Crippen LogP contribution is -2.51. The Labute approximate surface area is 112 Å². The van der Waals surface area contributed by atoms with Crippen molar-refractivity contribution in [3.63, 3.8) is 0 Å². The highest BCUT2D eigenvalue weighted by atomic mass is 15.3. The SMILES string of the molecule is C1CCC(CN2CCN(C3CCNC3)CC2)CC1. The van der Waals surface area contributed by atoms with E-state index in [-0.39, 0.29) is 0 Å². The van der Waals surface area contributed by atoms with Gasteiger partial charge < -0.3 is 10.2 Å². The first kappa shape index (κ1) is 12.9. The van der Waals surface area contributed by atoms with Crippen molar-refractivity contribution in [3.8, 4) is 0 Å². The Balaban J connectivity index is 1.39. The molecule has 0 amide bonds. The molecule has 0 radical (unpaired) electrons. The fourth-order valence-corrected chi connectivity index (χ4v) is 4.00. The van der Waals surface area contributed by atoms with Crippen molar-refractivity contribution in [1.82, 2.24) is 15.1 Å². The zero-order chi connectivity index (χ0) is 12.2. The molecule has 3 aliphatic rings. The molecule has 1 saturated carbocycles. The molecular formula is C15H29N3. The molecule has 104 valence electrons. The molecule has 3 fully saturated rings. The third-order valence-corrected chi connectivity index (χ3v) is 5.20. The molecule has 0 aromatic rings. The minimum Gasteiger partial charge on any atom is -0.315 e. The minimum atomic E-state index is 0.835. The fourth-order valence-electron chi connectivity index (χ4n) is 4.00. The molecule has 3 rings (SSSR count). The number of nitrogens with zero attached hydrogens (tertiary/aromatic N) is 2. The number of rotatable bonds is 3. The fraction of sp³-hybridized carbons (Fsp3) is 1.00. The van der Waals surface area contributed by atoms with Gasteiger partial charge in [0.15, 0.2) is 0 Å². The van der Waals surface area contributed by atoms with Crippen LogP contribution in [0.25, 0.3) is 0 Å². The number of hydrogen-bond donors (Lipinski definition) is 1. The van der Waals surface area contributed by atoms with Crippen LogP contribution in [0.15, 0.2) is 0 Å². The summed E-state index contributed by atoms with van der Waals surface area (Å²) in [6.45, 7) is 9.07. The number of nitrogens with one attached hydrogen (secondary N) is 1. The molecule has 0 aromatic carbocycles. The lowest BCUT2D eigenvalue weighted by molar-refractivity contribution is 0.0862. The lowest BCUT2D eigenvalue weighted by atomic mass is 9.89. The van der Waals surface area contributed by atoms with E-state index < -0.39 is 0 Å². The van der Waals surface area contributed by atoms with E-state index in [0.29, 0.717) is 0 Å². The van der Waals surface area contributed by atoms with E-state index in [0.717, 1.165) is 12.0 Å². The monoisotopic (exact) mass is 251 g/mol. The van der Waals surface area contributed by atoms with Crippen molar-refractivity contribution in [2.45, 2.75) is 44.6 Å². The third kappa shape index (κ3) is 3.25. The predicted octanol–water partition coefficient (Wildman–Crippen LogP) is 1.55. The first-order valence-corrected chi connectivity index (χ1v) is 8.09. The molecule has 2 saturated heterocycles. The molecule has 0 spiro atoms. The van der Waals surface area contributed by atoms with Gasteiger partial charge in [0.05, 0.1) is 0 Å². The van der Waals surface area contributed by atoms with Crippen LogP contribution in [0.5, 0.6) is 0 Å². The summed E-state index contributed by atoms with van der Waals surface area (Å²) in [7, 11) is 0. The van der Waals surface area contributed by atoms with Gasteiger partial charge in [-0.1, -0.05) is 19.3 Å².